The number of rotatable bonds is 2. The molecule has 0 aliphatic heterocycles. The third-order valence-electron chi connectivity index (χ3n) is 2.10. The molecule has 0 atom stereocenters. The summed E-state index contributed by atoms with van der Waals surface area (Å²) in [7, 11) is 1.79. The summed E-state index contributed by atoms with van der Waals surface area (Å²) in [5.74, 6) is 1.71. The summed E-state index contributed by atoms with van der Waals surface area (Å²) in [4.78, 5) is 8.47. The fourth-order valence-corrected chi connectivity index (χ4v) is 1.45. The number of aromatic nitrogens is 2. The molecule has 2 rings (SSSR count). The van der Waals surface area contributed by atoms with Crippen molar-refractivity contribution in [3.63, 3.8) is 0 Å². The molecule has 0 bridgehead atoms. The van der Waals surface area contributed by atoms with Crippen LogP contribution in [0.5, 0.6) is 0 Å². The third-order valence-corrected chi connectivity index (χ3v) is 2.36. The van der Waals surface area contributed by atoms with Gasteiger partial charge in [0.05, 0.1) is 0 Å². The van der Waals surface area contributed by atoms with Gasteiger partial charge in [-0.3, -0.25) is 0 Å². The summed E-state index contributed by atoms with van der Waals surface area (Å²) in [5, 5.41) is 3.61. The highest BCUT2D eigenvalue weighted by atomic mass is 35.5. The fourth-order valence-electron chi connectivity index (χ4n) is 1.32. The summed E-state index contributed by atoms with van der Waals surface area (Å²) in [6.45, 7) is 0. The maximum absolute atomic E-state index is 5.81. The van der Waals surface area contributed by atoms with Gasteiger partial charge in [0.2, 0.25) is 0 Å². The predicted octanol–water partition coefficient (Wildman–Crippen LogP) is 2.42. The third kappa shape index (κ3) is 2.23. The van der Waals surface area contributed by atoms with Crippen molar-refractivity contribution in [1.29, 1.82) is 0 Å². The number of hydrogen-bond donors (Lipinski definition) is 2. The van der Waals surface area contributed by atoms with E-state index >= 15 is 0 Å². The number of nitrogen functional groups attached to an aromatic ring is 1. The normalized spacial score (nSPS) is 10.1. The minimum atomic E-state index is 0.435. The van der Waals surface area contributed by atoms with Crippen LogP contribution in [0, 0.1) is 0 Å². The number of nitrogens with two attached hydrogens (primary N) is 1. The van der Waals surface area contributed by atoms with Crippen LogP contribution in [0.15, 0.2) is 30.3 Å². The second kappa shape index (κ2) is 4.37. The van der Waals surface area contributed by atoms with E-state index < -0.39 is 0 Å². The zero-order valence-electron chi connectivity index (χ0n) is 8.74. The van der Waals surface area contributed by atoms with Crippen molar-refractivity contribution in [3.8, 4) is 11.4 Å². The van der Waals surface area contributed by atoms with Crippen LogP contribution < -0.4 is 11.1 Å². The molecule has 1 heterocycles. The molecular weight excluding hydrogens is 224 g/mol. The highest BCUT2D eigenvalue weighted by Crippen LogP contribution is 2.20. The van der Waals surface area contributed by atoms with Crippen LogP contribution in [-0.4, -0.2) is 17.0 Å². The van der Waals surface area contributed by atoms with E-state index in [0.29, 0.717) is 22.5 Å². The van der Waals surface area contributed by atoms with Gasteiger partial charge in [0.1, 0.15) is 11.6 Å². The molecule has 5 heteroatoms. The van der Waals surface area contributed by atoms with Crippen molar-refractivity contribution in [2.75, 3.05) is 18.1 Å². The lowest BCUT2D eigenvalue weighted by Crippen LogP contribution is -2.00. The summed E-state index contributed by atoms with van der Waals surface area (Å²) in [5.41, 5.74) is 6.57. The van der Waals surface area contributed by atoms with Crippen LogP contribution in [0.2, 0.25) is 5.02 Å². The standard InChI is InChI=1S/C11H11ClN4/c1-14-10-6-9(13)15-11(16-10)7-2-4-8(12)5-3-7/h2-6H,1H3,(H3,13,14,15,16). The molecular formula is C11H11ClN4. The molecule has 0 unspecified atom stereocenters. The lowest BCUT2D eigenvalue weighted by atomic mass is 10.2. The second-order valence-corrected chi connectivity index (χ2v) is 3.69. The number of hydrogen-bond acceptors (Lipinski definition) is 4. The molecule has 0 saturated carbocycles. The Morgan fingerprint density at radius 3 is 2.50 bits per heavy atom. The quantitative estimate of drug-likeness (QED) is 0.838. The van der Waals surface area contributed by atoms with Crippen LogP contribution in [-0.2, 0) is 0 Å². The molecule has 3 N–H and O–H groups in total. The predicted molar refractivity (Wildman–Crippen MR) is 66.4 cm³/mol. The SMILES string of the molecule is CNc1cc(N)nc(-c2ccc(Cl)cc2)n1. The zero-order chi connectivity index (χ0) is 11.5. The van der Waals surface area contributed by atoms with Gasteiger partial charge < -0.3 is 11.1 Å². The first kappa shape index (κ1) is 10.7. The summed E-state index contributed by atoms with van der Waals surface area (Å²) < 4.78 is 0. The highest BCUT2D eigenvalue weighted by molar-refractivity contribution is 6.30. The Morgan fingerprint density at radius 2 is 1.88 bits per heavy atom. The van der Waals surface area contributed by atoms with Crippen molar-refractivity contribution in [1.82, 2.24) is 9.97 Å². The Kier molecular flexibility index (Phi) is 2.92. The van der Waals surface area contributed by atoms with E-state index in [4.69, 9.17) is 17.3 Å². The topological polar surface area (TPSA) is 63.8 Å². The van der Waals surface area contributed by atoms with Gasteiger partial charge in [0.15, 0.2) is 5.82 Å². The Bertz CT molecular complexity index is 496. The molecule has 0 radical (unpaired) electrons. The minimum Gasteiger partial charge on any atom is -0.384 e. The molecule has 4 nitrogen and oxygen atoms in total. The molecule has 1 aromatic carbocycles. The summed E-state index contributed by atoms with van der Waals surface area (Å²) >= 11 is 5.81. The van der Waals surface area contributed by atoms with Gasteiger partial charge in [-0.05, 0) is 24.3 Å². The Balaban J connectivity index is 2.47. The van der Waals surface area contributed by atoms with Crippen molar-refractivity contribution >= 4 is 23.2 Å². The number of anilines is 2. The molecule has 0 saturated heterocycles. The summed E-state index contributed by atoms with van der Waals surface area (Å²) in [6.07, 6.45) is 0. The van der Waals surface area contributed by atoms with Gasteiger partial charge in [0, 0.05) is 23.7 Å². The van der Waals surface area contributed by atoms with Crippen LogP contribution >= 0.6 is 11.6 Å². The Morgan fingerprint density at radius 1 is 1.19 bits per heavy atom. The molecule has 0 aliphatic rings. The average molecular weight is 235 g/mol. The van der Waals surface area contributed by atoms with Crippen LogP contribution in [0.4, 0.5) is 11.6 Å². The van der Waals surface area contributed by atoms with Gasteiger partial charge >= 0.3 is 0 Å². The molecule has 0 fully saturated rings. The van der Waals surface area contributed by atoms with E-state index in [1.54, 1.807) is 25.2 Å². The fraction of sp³-hybridized carbons (Fsp3) is 0.0909. The van der Waals surface area contributed by atoms with Gasteiger partial charge in [-0.15, -0.1) is 0 Å². The molecule has 0 spiro atoms. The molecule has 82 valence electrons. The van der Waals surface area contributed by atoms with Crippen molar-refractivity contribution < 1.29 is 0 Å². The molecule has 1 aromatic heterocycles. The number of halogens is 1. The van der Waals surface area contributed by atoms with Crippen LogP contribution in [0.25, 0.3) is 11.4 Å². The van der Waals surface area contributed by atoms with E-state index in [1.807, 2.05) is 12.1 Å². The maximum Gasteiger partial charge on any atom is 0.163 e. The lowest BCUT2D eigenvalue weighted by molar-refractivity contribution is 1.17. The van der Waals surface area contributed by atoms with Gasteiger partial charge in [-0.1, -0.05) is 11.6 Å². The van der Waals surface area contributed by atoms with Crippen molar-refractivity contribution in [2.24, 2.45) is 0 Å². The van der Waals surface area contributed by atoms with Crippen molar-refractivity contribution in [3.05, 3.63) is 35.4 Å². The van der Waals surface area contributed by atoms with E-state index in [-0.39, 0.29) is 0 Å². The monoisotopic (exact) mass is 234 g/mol. The molecule has 16 heavy (non-hydrogen) atoms. The zero-order valence-corrected chi connectivity index (χ0v) is 9.49. The molecule has 2 aromatic rings. The smallest absolute Gasteiger partial charge is 0.163 e. The maximum atomic E-state index is 5.81. The van der Waals surface area contributed by atoms with E-state index in [0.717, 1.165) is 5.56 Å². The van der Waals surface area contributed by atoms with E-state index in [2.05, 4.69) is 15.3 Å². The Labute approximate surface area is 98.5 Å². The Hall–Kier alpha value is -1.81. The van der Waals surface area contributed by atoms with E-state index in [1.165, 1.54) is 0 Å². The number of nitrogens with one attached hydrogen (secondary N) is 1. The van der Waals surface area contributed by atoms with Crippen LogP contribution in [0.3, 0.4) is 0 Å². The average Bonchev–Trinajstić information content (AvgIpc) is 2.29. The second-order valence-electron chi connectivity index (χ2n) is 3.26. The first-order valence-electron chi connectivity index (χ1n) is 4.77. The number of benzene rings is 1. The van der Waals surface area contributed by atoms with Gasteiger partial charge in [-0.2, -0.15) is 0 Å². The first-order valence-corrected chi connectivity index (χ1v) is 5.15. The largest absolute Gasteiger partial charge is 0.384 e. The lowest BCUT2D eigenvalue weighted by Gasteiger charge is -2.05. The van der Waals surface area contributed by atoms with Crippen LogP contribution in [0.1, 0.15) is 0 Å². The first-order chi connectivity index (χ1) is 7.69. The van der Waals surface area contributed by atoms with Gasteiger partial charge in [-0.25, -0.2) is 9.97 Å². The van der Waals surface area contributed by atoms with E-state index in [9.17, 15) is 0 Å². The minimum absolute atomic E-state index is 0.435. The summed E-state index contributed by atoms with van der Waals surface area (Å²) in [6, 6.07) is 8.98. The molecule has 0 aliphatic carbocycles. The van der Waals surface area contributed by atoms with Crippen molar-refractivity contribution in [2.45, 2.75) is 0 Å². The highest BCUT2D eigenvalue weighted by Gasteiger charge is 2.04. The van der Waals surface area contributed by atoms with Gasteiger partial charge in [0.25, 0.3) is 0 Å². The molecule has 0 amide bonds. The number of nitrogens with zero attached hydrogens (tertiary/aromatic N) is 2.